The predicted molar refractivity (Wildman–Crippen MR) is 118 cm³/mol. The zero-order chi connectivity index (χ0) is 23.0. The quantitative estimate of drug-likeness (QED) is 0.636. The average molecular weight is 460 g/mol. The zero-order valence-electron chi connectivity index (χ0n) is 17.7. The Bertz CT molecular complexity index is 1320. The summed E-state index contributed by atoms with van der Waals surface area (Å²) in [4.78, 5) is 17.5. The number of halogens is 2. The van der Waals surface area contributed by atoms with Gasteiger partial charge in [-0.15, -0.1) is 0 Å². The lowest BCUT2D eigenvalue weighted by Gasteiger charge is -2.35. The minimum absolute atomic E-state index is 0.171. The van der Waals surface area contributed by atoms with Gasteiger partial charge in [0.15, 0.2) is 0 Å². The Morgan fingerprint density at radius 2 is 1.84 bits per heavy atom. The number of fused-ring (bicyclic) bond motifs is 1. The Hall–Kier alpha value is -2.91. The van der Waals surface area contributed by atoms with Gasteiger partial charge >= 0.3 is 0 Å². The van der Waals surface area contributed by atoms with Gasteiger partial charge in [-0.1, -0.05) is 12.1 Å². The molecular weight excluding hydrogens is 436 g/mol. The first-order chi connectivity index (χ1) is 15.1. The van der Waals surface area contributed by atoms with Crippen molar-refractivity contribution in [3.05, 3.63) is 87.5 Å². The van der Waals surface area contributed by atoms with Crippen molar-refractivity contribution >= 4 is 10.0 Å². The maximum absolute atomic E-state index is 13.7. The first kappa shape index (κ1) is 22.3. The molecule has 0 fully saturated rings. The topological polar surface area (TPSA) is 81.1 Å². The molecule has 4 rings (SSSR count). The number of nitrogens with one attached hydrogen (secondary N) is 1. The molecule has 32 heavy (non-hydrogen) atoms. The first-order valence-electron chi connectivity index (χ1n) is 10.2. The van der Waals surface area contributed by atoms with Gasteiger partial charge in [0.2, 0.25) is 10.0 Å². The monoisotopic (exact) mass is 459 g/mol. The van der Waals surface area contributed by atoms with Gasteiger partial charge in [-0.05, 0) is 50.1 Å². The Kier molecular flexibility index (Phi) is 5.96. The first-order valence-corrected chi connectivity index (χ1v) is 12.1. The number of nitrogens with zero attached hydrogens (tertiary/aromatic N) is 2. The van der Waals surface area contributed by atoms with E-state index >= 15 is 0 Å². The van der Waals surface area contributed by atoms with Crippen LogP contribution >= 0.6 is 0 Å². The van der Waals surface area contributed by atoms with E-state index in [1.54, 1.807) is 35.8 Å². The van der Waals surface area contributed by atoms with Crippen molar-refractivity contribution in [2.45, 2.75) is 38.3 Å². The van der Waals surface area contributed by atoms with Crippen LogP contribution < -0.4 is 10.3 Å². The number of aromatic nitrogens is 2. The lowest BCUT2D eigenvalue weighted by molar-refractivity contribution is 0.313. The summed E-state index contributed by atoms with van der Waals surface area (Å²) >= 11 is 0. The van der Waals surface area contributed by atoms with E-state index in [1.165, 1.54) is 12.1 Å². The molecule has 0 spiro atoms. The van der Waals surface area contributed by atoms with Crippen LogP contribution in [0.1, 0.15) is 29.4 Å². The summed E-state index contributed by atoms with van der Waals surface area (Å²) < 4.78 is 55.6. The van der Waals surface area contributed by atoms with Crippen LogP contribution in [-0.2, 0) is 22.9 Å². The lowest BCUT2D eigenvalue weighted by Crippen LogP contribution is -2.48. The molecule has 0 bridgehead atoms. The van der Waals surface area contributed by atoms with Crippen LogP contribution in [0.3, 0.4) is 0 Å². The second kappa shape index (κ2) is 8.55. The standard InChI is InChI=1S/C23H23F2N3O3S/c1-14-6-7-19-8-9-21(27-32(2,30)31)22(28(19)23(14)29)13-18-4-3-5-20(26-18)15-10-16(24)12-17(25)11-15/h3-7,10-12,21-22,27H,8-9,13H2,1-2H3. The number of aryl methyl sites for hydroxylation is 2. The normalized spacial score (nSPS) is 18.4. The van der Waals surface area contributed by atoms with Gasteiger partial charge in [0.25, 0.3) is 5.56 Å². The smallest absolute Gasteiger partial charge is 0.253 e. The van der Waals surface area contributed by atoms with Crippen LogP contribution in [0, 0.1) is 18.6 Å². The molecule has 0 aliphatic carbocycles. The fourth-order valence-corrected chi connectivity index (χ4v) is 5.08. The Morgan fingerprint density at radius 1 is 1.12 bits per heavy atom. The van der Waals surface area contributed by atoms with E-state index in [2.05, 4.69) is 9.71 Å². The average Bonchev–Trinajstić information content (AvgIpc) is 2.71. The third kappa shape index (κ3) is 4.78. The summed E-state index contributed by atoms with van der Waals surface area (Å²) in [5.74, 6) is -1.40. The fourth-order valence-electron chi connectivity index (χ4n) is 4.25. The van der Waals surface area contributed by atoms with Crippen molar-refractivity contribution in [2.75, 3.05) is 6.26 Å². The highest BCUT2D eigenvalue weighted by Gasteiger charge is 2.32. The number of hydrogen-bond donors (Lipinski definition) is 1. The minimum Gasteiger partial charge on any atom is -0.307 e. The molecule has 0 saturated heterocycles. The fraction of sp³-hybridized carbons (Fsp3) is 0.304. The van der Waals surface area contributed by atoms with E-state index in [1.807, 2.05) is 6.07 Å². The Morgan fingerprint density at radius 3 is 2.53 bits per heavy atom. The summed E-state index contributed by atoms with van der Waals surface area (Å²) in [6.07, 6.45) is 2.47. The van der Waals surface area contributed by atoms with Crippen LogP contribution in [0.5, 0.6) is 0 Å². The number of hydrogen-bond acceptors (Lipinski definition) is 4. The molecule has 6 nitrogen and oxygen atoms in total. The number of benzene rings is 1. The molecule has 168 valence electrons. The van der Waals surface area contributed by atoms with E-state index in [-0.39, 0.29) is 12.0 Å². The number of sulfonamides is 1. The van der Waals surface area contributed by atoms with Crippen molar-refractivity contribution < 1.29 is 17.2 Å². The van der Waals surface area contributed by atoms with E-state index in [9.17, 15) is 22.0 Å². The largest absolute Gasteiger partial charge is 0.307 e. The van der Waals surface area contributed by atoms with Gasteiger partial charge in [-0.25, -0.2) is 21.9 Å². The highest BCUT2D eigenvalue weighted by Crippen LogP contribution is 2.28. The Labute approximate surface area is 185 Å². The summed E-state index contributed by atoms with van der Waals surface area (Å²) in [6, 6.07) is 11.0. The molecule has 2 atom stereocenters. The van der Waals surface area contributed by atoms with Crippen LogP contribution in [-0.4, -0.2) is 30.3 Å². The number of rotatable bonds is 5. The minimum atomic E-state index is -3.50. The van der Waals surface area contributed by atoms with Crippen LogP contribution in [0.15, 0.2) is 53.3 Å². The van der Waals surface area contributed by atoms with E-state index in [4.69, 9.17) is 0 Å². The molecule has 3 heterocycles. The molecule has 2 unspecified atom stereocenters. The molecule has 3 aromatic rings. The third-order valence-electron chi connectivity index (χ3n) is 5.65. The van der Waals surface area contributed by atoms with Gasteiger partial charge < -0.3 is 4.57 Å². The van der Waals surface area contributed by atoms with Crippen LogP contribution in [0.25, 0.3) is 11.3 Å². The van der Waals surface area contributed by atoms with Gasteiger partial charge in [-0.3, -0.25) is 9.78 Å². The molecule has 9 heteroatoms. The molecule has 0 saturated carbocycles. The van der Waals surface area contributed by atoms with Crippen molar-refractivity contribution in [2.24, 2.45) is 0 Å². The lowest BCUT2D eigenvalue weighted by atomic mass is 9.92. The maximum atomic E-state index is 13.7. The predicted octanol–water partition coefficient (Wildman–Crippen LogP) is 3.14. The summed E-state index contributed by atoms with van der Waals surface area (Å²) in [5, 5.41) is 0. The highest BCUT2D eigenvalue weighted by atomic mass is 32.2. The van der Waals surface area contributed by atoms with Crippen LogP contribution in [0.4, 0.5) is 8.78 Å². The Balaban J connectivity index is 1.76. The van der Waals surface area contributed by atoms with Crippen molar-refractivity contribution in [1.29, 1.82) is 0 Å². The molecule has 0 amide bonds. The third-order valence-corrected chi connectivity index (χ3v) is 6.38. The van der Waals surface area contributed by atoms with Gasteiger partial charge in [0, 0.05) is 41.0 Å². The summed E-state index contributed by atoms with van der Waals surface area (Å²) in [7, 11) is -3.50. The van der Waals surface area contributed by atoms with Crippen LogP contribution in [0.2, 0.25) is 0 Å². The van der Waals surface area contributed by atoms with Crippen molar-refractivity contribution in [1.82, 2.24) is 14.3 Å². The second-order valence-electron chi connectivity index (χ2n) is 8.16. The van der Waals surface area contributed by atoms with Crippen molar-refractivity contribution in [3.63, 3.8) is 0 Å². The summed E-state index contributed by atoms with van der Waals surface area (Å²) in [5.41, 5.74) is 2.50. The van der Waals surface area contributed by atoms with Gasteiger partial charge in [0.1, 0.15) is 11.6 Å². The highest BCUT2D eigenvalue weighted by molar-refractivity contribution is 7.88. The molecule has 1 aliphatic heterocycles. The molecule has 1 aromatic carbocycles. The summed E-state index contributed by atoms with van der Waals surface area (Å²) in [6.45, 7) is 1.72. The van der Waals surface area contributed by atoms with Gasteiger partial charge in [0.05, 0.1) is 18.0 Å². The molecule has 2 aromatic heterocycles. The molecule has 0 radical (unpaired) electrons. The number of pyridine rings is 2. The van der Waals surface area contributed by atoms with Crippen molar-refractivity contribution in [3.8, 4) is 11.3 Å². The second-order valence-corrected chi connectivity index (χ2v) is 9.94. The zero-order valence-corrected chi connectivity index (χ0v) is 18.5. The molecular formula is C23H23F2N3O3S. The van der Waals surface area contributed by atoms with E-state index in [0.29, 0.717) is 35.4 Å². The molecule has 1 aliphatic rings. The van der Waals surface area contributed by atoms with E-state index in [0.717, 1.165) is 18.0 Å². The van der Waals surface area contributed by atoms with E-state index < -0.39 is 33.7 Å². The maximum Gasteiger partial charge on any atom is 0.253 e. The molecule has 1 N–H and O–H groups in total. The SMILES string of the molecule is Cc1ccc2n(c1=O)C(Cc1cccc(-c3cc(F)cc(F)c3)n1)C(NS(C)(=O)=O)CC2. The van der Waals surface area contributed by atoms with Gasteiger partial charge in [-0.2, -0.15) is 0 Å².